The number of unbranched alkanes of at least 4 members (excludes halogenated alkanes) is 27. The molecule has 0 aliphatic carbocycles. The Morgan fingerprint density at radius 1 is 0.351 bits per heavy atom. The van der Waals surface area contributed by atoms with E-state index in [0.29, 0.717) is 37.5 Å². The molecule has 0 heterocycles. The summed E-state index contributed by atoms with van der Waals surface area (Å²) >= 11 is 0. The second kappa shape index (κ2) is 51.0. The molecule has 5 atom stereocenters. The van der Waals surface area contributed by atoms with E-state index in [-0.39, 0.29) is 25.7 Å². The van der Waals surface area contributed by atoms with Crippen LogP contribution in [0.4, 0.5) is 0 Å². The first kappa shape index (κ1) is 75.1. The van der Waals surface area contributed by atoms with E-state index in [1.54, 1.807) is 0 Å². The number of hydrogen-bond donors (Lipinski definition) is 3. The van der Waals surface area contributed by atoms with Gasteiger partial charge in [-0.3, -0.25) is 37.3 Å². The first-order chi connectivity index (χ1) is 36.9. The Bertz CT molecular complexity index is 1530. The lowest BCUT2D eigenvalue weighted by Crippen LogP contribution is -2.30. The maximum atomic E-state index is 12.9. The van der Waals surface area contributed by atoms with Crippen LogP contribution in [0.5, 0.6) is 0 Å². The van der Waals surface area contributed by atoms with Crippen molar-refractivity contribution in [3.8, 4) is 0 Å². The van der Waals surface area contributed by atoms with Gasteiger partial charge in [-0.1, -0.05) is 228 Å². The first-order valence-corrected chi connectivity index (χ1v) is 33.5. The zero-order chi connectivity index (χ0) is 57.3. The van der Waals surface area contributed by atoms with Crippen molar-refractivity contribution >= 4 is 39.5 Å². The zero-order valence-electron chi connectivity index (χ0n) is 49.2. The molecule has 0 fully saturated rings. The summed E-state index contributed by atoms with van der Waals surface area (Å²) in [5.74, 6) is -0.809. The number of phosphoric acid groups is 2. The quantitative estimate of drug-likeness (QED) is 0.0222. The first-order valence-electron chi connectivity index (χ1n) is 30.5. The van der Waals surface area contributed by atoms with E-state index < -0.39 is 97.5 Å². The highest BCUT2D eigenvalue weighted by molar-refractivity contribution is 7.47. The van der Waals surface area contributed by atoms with Crippen LogP contribution in [0.25, 0.3) is 0 Å². The molecule has 0 saturated heterocycles. The second-order valence-electron chi connectivity index (χ2n) is 22.0. The average molecular weight is 1140 g/mol. The number of aliphatic hydroxyl groups excluding tert-OH is 1. The lowest BCUT2D eigenvalue weighted by molar-refractivity contribution is -0.161. The lowest BCUT2D eigenvalue weighted by Gasteiger charge is -2.21. The summed E-state index contributed by atoms with van der Waals surface area (Å²) in [6, 6.07) is 0. The third-order valence-electron chi connectivity index (χ3n) is 13.2. The summed E-state index contributed by atoms with van der Waals surface area (Å²) in [4.78, 5) is 71.6. The van der Waals surface area contributed by atoms with Crippen molar-refractivity contribution < 1.29 is 80.2 Å². The van der Waals surface area contributed by atoms with E-state index in [0.717, 1.165) is 103 Å². The molecular weight excluding hydrogens is 1030 g/mol. The molecule has 0 bridgehead atoms. The molecule has 3 N–H and O–H groups in total. The Morgan fingerprint density at radius 3 is 0.883 bits per heavy atom. The molecule has 0 radical (unpaired) electrons. The number of carbonyl (C=O) groups is 4. The maximum Gasteiger partial charge on any atom is 0.472 e. The standard InChI is InChI=1S/C58H112O17P2/c1-7-9-11-13-14-15-16-17-18-19-20-21-30-36-42-57(62)74-54(47-69-56(61)41-35-29-24-22-27-32-38-50(3)4)49-73-77(66,67)71-45-52(59)44-70-76(64,65)72-48-53(46-68-55(60)40-34-26-12-10-8-2)75-58(63)43-37-31-25-23-28-33-39-51(5)6/h50-54,59H,7-49H2,1-6H3,(H,64,65)(H,66,67)/t52-,53+,54+/m0/s1. The summed E-state index contributed by atoms with van der Waals surface area (Å²) in [5.41, 5.74) is 0. The number of ether oxygens (including phenoxy) is 4. The van der Waals surface area contributed by atoms with Gasteiger partial charge < -0.3 is 33.8 Å². The second-order valence-corrected chi connectivity index (χ2v) is 24.9. The van der Waals surface area contributed by atoms with E-state index in [9.17, 15) is 43.2 Å². The highest BCUT2D eigenvalue weighted by Gasteiger charge is 2.30. The molecule has 2 unspecified atom stereocenters. The summed E-state index contributed by atoms with van der Waals surface area (Å²) < 4.78 is 67.5. The molecule has 0 aliphatic heterocycles. The third-order valence-corrected chi connectivity index (χ3v) is 15.1. The van der Waals surface area contributed by atoms with Crippen LogP contribution < -0.4 is 0 Å². The molecule has 0 rings (SSSR count). The number of phosphoric ester groups is 2. The van der Waals surface area contributed by atoms with Gasteiger partial charge in [-0.25, -0.2) is 9.13 Å². The maximum absolute atomic E-state index is 12.9. The lowest BCUT2D eigenvalue weighted by atomic mass is 10.0. The van der Waals surface area contributed by atoms with Crippen LogP contribution >= 0.6 is 15.6 Å². The minimum atomic E-state index is -4.94. The fourth-order valence-corrected chi connectivity index (χ4v) is 10.0. The van der Waals surface area contributed by atoms with Crippen LogP contribution in [-0.4, -0.2) is 96.7 Å². The fourth-order valence-electron chi connectivity index (χ4n) is 8.47. The molecule has 456 valence electrons. The Hall–Kier alpha value is -1.94. The van der Waals surface area contributed by atoms with Gasteiger partial charge in [-0.2, -0.15) is 0 Å². The predicted octanol–water partition coefficient (Wildman–Crippen LogP) is 15.3. The van der Waals surface area contributed by atoms with Gasteiger partial charge in [0.2, 0.25) is 0 Å². The van der Waals surface area contributed by atoms with Crippen LogP contribution in [0, 0.1) is 11.8 Å². The minimum Gasteiger partial charge on any atom is -0.462 e. The van der Waals surface area contributed by atoms with Crippen LogP contribution in [0.2, 0.25) is 0 Å². The van der Waals surface area contributed by atoms with Crippen LogP contribution in [-0.2, 0) is 65.4 Å². The Labute approximate surface area is 467 Å². The largest absolute Gasteiger partial charge is 0.472 e. The van der Waals surface area contributed by atoms with E-state index in [4.69, 9.17) is 37.0 Å². The highest BCUT2D eigenvalue weighted by atomic mass is 31.2. The van der Waals surface area contributed by atoms with Gasteiger partial charge in [-0.15, -0.1) is 0 Å². The molecule has 0 aromatic carbocycles. The van der Waals surface area contributed by atoms with E-state index in [1.165, 1.54) is 83.5 Å². The molecule has 17 nitrogen and oxygen atoms in total. The smallest absolute Gasteiger partial charge is 0.462 e. The number of rotatable bonds is 57. The molecule has 0 aliphatic rings. The van der Waals surface area contributed by atoms with Gasteiger partial charge in [0, 0.05) is 25.7 Å². The molecule has 77 heavy (non-hydrogen) atoms. The van der Waals surface area contributed by atoms with Crippen molar-refractivity contribution in [3.05, 3.63) is 0 Å². The van der Waals surface area contributed by atoms with Gasteiger partial charge in [-0.05, 0) is 37.5 Å². The van der Waals surface area contributed by atoms with Crippen molar-refractivity contribution in [2.45, 2.75) is 297 Å². The molecule has 0 aromatic heterocycles. The van der Waals surface area contributed by atoms with E-state index in [1.807, 2.05) is 0 Å². The summed E-state index contributed by atoms with van der Waals surface area (Å²) in [7, 11) is -9.86. The molecule has 19 heteroatoms. The van der Waals surface area contributed by atoms with Crippen LogP contribution in [0.15, 0.2) is 0 Å². The summed E-state index contributed by atoms with van der Waals surface area (Å²) in [6.07, 6.45) is 31.4. The fraction of sp³-hybridized carbons (Fsp3) is 0.931. The van der Waals surface area contributed by atoms with Crippen molar-refractivity contribution in [1.29, 1.82) is 0 Å². The molecular formula is C58H112O17P2. The Balaban J connectivity index is 5.17. The molecule has 0 saturated carbocycles. The number of esters is 4. The topological polar surface area (TPSA) is 237 Å². The highest BCUT2D eigenvalue weighted by Crippen LogP contribution is 2.45. The van der Waals surface area contributed by atoms with Gasteiger partial charge >= 0.3 is 39.5 Å². The molecule has 0 aromatic rings. The van der Waals surface area contributed by atoms with Crippen molar-refractivity contribution in [2.75, 3.05) is 39.6 Å². The van der Waals surface area contributed by atoms with Crippen molar-refractivity contribution in [1.82, 2.24) is 0 Å². The van der Waals surface area contributed by atoms with Gasteiger partial charge in [0.25, 0.3) is 0 Å². The van der Waals surface area contributed by atoms with Gasteiger partial charge in [0.15, 0.2) is 12.2 Å². The van der Waals surface area contributed by atoms with Crippen molar-refractivity contribution in [3.63, 3.8) is 0 Å². The third kappa shape index (κ3) is 53.2. The molecule has 0 amide bonds. The molecule has 0 spiro atoms. The van der Waals surface area contributed by atoms with Gasteiger partial charge in [0.05, 0.1) is 26.4 Å². The minimum absolute atomic E-state index is 0.101. The monoisotopic (exact) mass is 1140 g/mol. The normalized spacial score (nSPS) is 14.5. The summed E-state index contributed by atoms with van der Waals surface area (Å²) in [5, 5.41) is 10.5. The number of aliphatic hydroxyl groups is 1. The SMILES string of the molecule is CCCCCCCCCCCCCCCCC(=O)O[C@H](COC(=O)CCCCCCCCC(C)C)COP(=O)(O)OC[C@@H](O)COP(=O)(O)OC[C@@H](COC(=O)CCCCCCC)OC(=O)CCCCCCCCC(C)C. The van der Waals surface area contributed by atoms with Crippen LogP contribution in [0.3, 0.4) is 0 Å². The summed E-state index contributed by atoms with van der Waals surface area (Å²) in [6.45, 7) is 9.18. The van der Waals surface area contributed by atoms with E-state index >= 15 is 0 Å². The van der Waals surface area contributed by atoms with Gasteiger partial charge in [0.1, 0.15) is 19.3 Å². The Morgan fingerprint density at radius 2 is 0.597 bits per heavy atom. The number of hydrogen-bond acceptors (Lipinski definition) is 15. The zero-order valence-corrected chi connectivity index (χ0v) is 51.0. The predicted molar refractivity (Wildman–Crippen MR) is 303 cm³/mol. The number of carbonyl (C=O) groups excluding carboxylic acids is 4. The average Bonchev–Trinajstić information content (AvgIpc) is 3.38. The Kier molecular flexibility index (Phi) is 49.7. The van der Waals surface area contributed by atoms with E-state index in [2.05, 4.69) is 41.5 Å². The van der Waals surface area contributed by atoms with Crippen LogP contribution in [0.1, 0.15) is 279 Å². The van der Waals surface area contributed by atoms with Crippen molar-refractivity contribution in [2.24, 2.45) is 11.8 Å².